The van der Waals surface area contributed by atoms with E-state index in [1.807, 2.05) is 6.07 Å². The minimum absolute atomic E-state index is 0.0590. The molecule has 1 aromatic heterocycles. The molecule has 1 fully saturated rings. The van der Waals surface area contributed by atoms with Gasteiger partial charge in [0.2, 0.25) is 11.8 Å². The molecule has 3 N–H and O–H groups in total. The van der Waals surface area contributed by atoms with Gasteiger partial charge in [-0.15, -0.1) is 0 Å². The monoisotopic (exact) mass is 344 g/mol. The van der Waals surface area contributed by atoms with Gasteiger partial charge in [0.05, 0.1) is 6.54 Å². The van der Waals surface area contributed by atoms with Crippen LogP contribution >= 0.6 is 0 Å². The number of aromatic amines is 1. The predicted molar refractivity (Wildman–Crippen MR) is 92.7 cm³/mol. The van der Waals surface area contributed by atoms with E-state index in [4.69, 9.17) is 11.0 Å². The Balaban J connectivity index is 2.16. The molecule has 0 aromatic carbocycles. The summed E-state index contributed by atoms with van der Waals surface area (Å²) in [5.74, 6) is -0.627. The van der Waals surface area contributed by atoms with E-state index in [1.165, 1.54) is 0 Å². The van der Waals surface area contributed by atoms with Gasteiger partial charge in [-0.05, 0) is 44.2 Å². The number of nitrogens with two attached hydrogens (primary N) is 1. The van der Waals surface area contributed by atoms with E-state index in [-0.39, 0.29) is 30.5 Å². The van der Waals surface area contributed by atoms with Crippen LogP contribution in [0.25, 0.3) is 0 Å². The van der Waals surface area contributed by atoms with E-state index in [1.54, 1.807) is 18.7 Å². The minimum atomic E-state index is -0.511. The largest absolute Gasteiger partial charge is 0.368 e. The molecule has 0 saturated heterocycles. The molecule has 0 aliphatic heterocycles. The lowest BCUT2D eigenvalue weighted by Crippen LogP contribution is -2.44. The van der Waals surface area contributed by atoms with Gasteiger partial charge < -0.3 is 15.6 Å². The van der Waals surface area contributed by atoms with Crippen molar-refractivity contribution >= 4 is 11.8 Å². The Morgan fingerprint density at radius 3 is 2.52 bits per heavy atom. The molecule has 25 heavy (non-hydrogen) atoms. The maximum absolute atomic E-state index is 12.7. The zero-order chi connectivity index (χ0) is 18.6. The van der Waals surface area contributed by atoms with Crippen LogP contribution < -0.4 is 11.3 Å². The number of nitriles is 1. The Kier molecular flexibility index (Phi) is 5.97. The van der Waals surface area contributed by atoms with Crippen molar-refractivity contribution in [3.8, 4) is 6.07 Å². The first-order chi connectivity index (χ1) is 11.8. The number of rotatable bonds is 6. The molecule has 2 amide bonds. The highest BCUT2D eigenvalue weighted by Gasteiger charge is 2.27. The lowest BCUT2D eigenvalue weighted by molar-refractivity contribution is -0.137. The summed E-state index contributed by atoms with van der Waals surface area (Å²) in [6, 6.07) is 1.99. The number of hydrogen-bond donors (Lipinski definition) is 2. The summed E-state index contributed by atoms with van der Waals surface area (Å²) in [5, 5.41) is 9.13. The molecule has 2 rings (SSSR count). The number of carbonyl (C=O) groups is 2. The second-order valence-corrected chi connectivity index (χ2v) is 6.60. The zero-order valence-corrected chi connectivity index (χ0v) is 14.7. The average Bonchev–Trinajstić information content (AvgIpc) is 3.06. The summed E-state index contributed by atoms with van der Waals surface area (Å²) in [6.07, 6.45) is 4.52. The van der Waals surface area contributed by atoms with Crippen LogP contribution in [-0.2, 0) is 16.0 Å². The molecule has 0 atom stereocenters. The molecule has 0 unspecified atom stereocenters. The quantitative estimate of drug-likeness (QED) is 0.801. The third kappa shape index (κ3) is 4.27. The molecular formula is C18H24N4O3. The number of hydrogen-bond acceptors (Lipinski definition) is 4. The van der Waals surface area contributed by atoms with Gasteiger partial charge in [0.1, 0.15) is 11.6 Å². The molecule has 1 aliphatic carbocycles. The predicted octanol–water partition coefficient (Wildman–Crippen LogP) is 1.05. The number of nitrogens with zero attached hydrogens (tertiary/aromatic N) is 2. The molecule has 1 aromatic rings. The number of aryl methyl sites for hydroxylation is 1. The van der Waals surface area contributed by atoms with Gasteiger partial charge >= 0.3 is 0 Å². The molecule has 7 heteroatoms. The van der Waals surface area contributed by atoms with Gasteiger partial charge in [-0.2, -0.15) is 5.26 Å². The molecule has 0 spiro atoms. The highest BCUT2D eigenvalue weighted by atomic mass is 16.2. The molecule has 134 valence electrons. The fraction of sp³-hybridized carbons (Fsp3) is 0.556. The zero-order valence-electron chi connectivity index (χ0n) is 14.7. The number of aromatic nitrogens is 1. The summed E-state index contributed by atoms with van der Waals surface area (Å²) in [4.78, 5) is 40.0. The SMILES string of the molecule is Cc1[nH]c(=O)c(C#N)c(C)c1CCC(=O)N(CC(N)=O)C1CCCC1. The molecule has 1 saturated carbocycles. The van der Waals surface area contributed by atoms with E-state index in [0.717, 1.165) is 31.2 Å². The van der Waals surface area contributed by atoms with Gasteiger partial charge in [0.15, 0.2) is 0 Å². The maximum Gasteiger partial charge on any atom is 0.266 e. The Bertz CT molecular complexity index is 770. The number of nitrogens with one attached hydrogen (secondary N) is 1. The van der Waals surface area contributed by atoms with Crippen LogP contribution in [0, 0.1) is 25.2 Å². The smallest absolute Gasteiger partial charge is 0.266 e. The fourth-order valence-corrected chi connectivity index (χ4v) is 3.60. The number of pyridine rings is 1. The van der Waals surface area contributed by atoms with Crippen LogP contribution in [0.15, 0.2) is 4.79 Å². The Labute approximate surface area is 146 Å². The second-order valence-electron chi connectivity index (χ2n) is 6.60. The number of amides is 2. The van der Waals surface area contributed by atoms with Crippen molar-refractivity contribution in [3.63, 3.8) is 0 Å². The van der Waals surface area contributed by atoms with Crippen molar-refractivity contribution in [3.05, 3.63) is 32.7 Å². The third-order valence-corrected chi connectivity index (χ3v) is 4.92. The second kappa shape index (κ2) is 7.97. The molecule has 0 radical (unpaired) electrons. The summed E-state index contributed by atoms with van der Waals surface area (Å²) in [7, 11) is 0. The van der Waals surface area contributed by atoms with Crippen LogP contribution in [0.3, 0.4) is 0 Å². The van der Waals surface area contributed by atoms with Crippen LogP contribution in [0.1, 0.15) is 54.5 Å². The lowest BCUT2D eigenvalue weighted by Gasteiger charge is -2.28. The van der Waals surface area contributed by atoms with Gasteiger partial charge in [0.25, 0.3) is 5.56 Å². The van der Waals surface area contributed by atoms with Crippen molar-refractivity contribution < 1.29 is 9.59 Å². The number of carbonyl (C=O) groups excluding carboxylic acids is 2. The molecular weight excluding hydrogens is 320 g/mol. The molecule has 0 bridgehead atoms. The highest BCUT2D eigenvalue weighted by molar-refractivity contribution is 5.84. The van der Waals surface area contributed by atoms with Crippen LogP contribution in [0.2, 0.25) is 0 Å². The van der Waals surface area contributed by atoms with Crippen molar-refractivity contribution in [2.24, 2.45) is 5.73 Å². The molecule has 1 heterocycles. The lowest BCUT2D eigenvalue weighted by atomic mass is 9.98. The van der Waals surface area contributed by atoms with E-state index >= 15 is 0 Å². The topological polar surface area (TPSA) is 120 Å². The van der Waals surface area contributed by atoms with E-state index < -0.39 is 11.5 Å². The standard InChI is InChI=1S/C18H24N4O3/c1-11-14(12(2)21-18(25)15(11)9-19)7-8-17(24)22(10-16(20)23)13-5-3-4-6-13/h13H,3-8,10H2,1-2H3,(H2,20,23)(H,21,25). The van der Waals surface area contributed by atoms with Gasteiger partial charge in [0, 0.05) is 18.2 Å². The van der Waals surface area contributed by atoms with Crippen molar-refractivity contribution in [1.29, 1.82) is 5.26 Å². The van der Waals surface area contributed by atoms with Crippen molar-refractivity contribution in [2.45, 2.75) is 58.4 Å². The summed E-state index contributed by atoms with van der Waals surface area (Å²) >= 11 is 0. The first kappa shape index (κ1) is 18.7. The summed E-state index contributed by atoms with van der Waals surface area (Å²) in [6.45, 7) is 3.42. The number of H-pyrrole nitrogens is 1. The third-order valence-electron chi connectivity index (χ3n) is 4.92. The normalized spacial score (nSPS) is 14.3. The van der Waals surface area contributed by atoms with Crippen LogP contribution in [0.4, 0.5) is 0 Å². The van der Waals surface area contributed by atoms with Crippen molar-refractivity contribution in [1.82, 2.24) is 9.88 Å². The van der Waals surface area contributed by atoms with Crippen LogP contribution in [-0.4, -0.2) is 34.3 Å². The van der Waals surface area contributed by atoms with Gasteiger partial charge in [-0.3, -0.25) is 14.4 Å². The first-order valence-electron chi connectivity index (χ1n) is 8.55. The average molecular weight is 344 g/mol. The Morgan fingerprint density at radius 1 is 1.32 bits per heavy atom. The van der Waals surface area contributed by atoms with Crippen molar-refractivity contribution in [2.75, 3.05) is 6.54 Å². The van der Waals surface area contributed by atoms with E-state index in [0.29, 0.717) is 17.7 Å². The van der Waals surface area contributed by atoms with Gasteiger partial charge in [-0.1, -0.05) is 12.8 Å². The summed E-state index contributed by atoms with van der Waals surface area (Å²) in [5.41, 5.74) is 7.05. The van der Waals surface area contributed by atoms with Gasteiger partial charge in [-0.25, -0.2) is 0 Å². The van der Waals surface area contributed by atoms with Crippen LogP contribution in [0.5, 0.6) is 0 Å². The maximum atomic E-state index is 12.7. The number of primary amides is 1. The molecule has 1 aliphatic rings. The Hall–Kier alpha value is -2.62. The molecule has 7 nitrogen and oxygen atoms in total. The van der Waals surface area contributed by atoms with E-state index in [9.17, 15) is 14.4 Å². The van der Waals surface area contributed by atoms with E-state index in [2.05, 4.69) is 4.98 Å². The highest BCUT2D eigenvalue weighted by Crippen LogP contribution is 2.24. The fourth-order valence-electron chi connectivity index (χ4n) is 3.60. The minimum Gasteiger partial charge on any atom is -0.368 e. The Morgan fingerprint density at radius 2 is 1.96 bits per heavy atom. The first-order valence-corrected chi connectivity index (χ1v) is 8.55. The summed E-state index contributed by atoms with van der Waals surface area (Å²) < 4.78 is 0.